The number of amides is 1. The largest absolute Gasteiger partial charge is 0.399 e. The molecule has 1 aromatic carbocycles. The van der Waals surface area contributed by atoms with Crippen molar-refractivity contribution in [3.8, 4) is 0 Å². The summed E-state index contributed by atoms with van der Waals surface area (Å²) in [5, 5.41) is 5.24. The molecule has 1 unspecified atom stereocenters. The van der Waals surface area contributed by atoms with Crippen molar-refractivity contribution in [2.75, 3.05) is 5.73 Å². The molecule has 1 atom stereocenters. The van der Waals surface area contributed by atoms with Crippen molar-refractivity contribution in [3.63, 3.8) is 0 Å². The maximum Gasteiger partial charge on any atom is 0.220 e. The van der Waals surface area contributed by atoms with Crippen LogP contribution in [0.4, 0.5) is 5.69 Å². The normalized spacial score (nSPS) is 16.3. The van der Waals surface area contributed by atoms with E-state index in [-0.39, 0.29) is 24.4 Å². The van der Waals surface area contributed by atoms with Gasteiger partial charge in [0.25, 0.3) is 0 Å². The number of nitrogens with one attached hydrogen (secondary N) is 1. The fraction of sp³-hybridized carbons (Fsp3) is 0.353. The summed E-state index contributed by atoms with van der Waals surface area (Å²) in [6, 6.07) is 8.23. The number of fused-ring (bicyclic) bond motifs is 1. The zero-order valence-corrected chi connectivity index (χ0v) is 15.9. The van der Waals surface area contributed by atoms with Crippen LogP contribution in [0.25, 0.3) is 0 Å². The molecule has 0 bridgehead atoms. The van der Waals surface area contributed by atoms with Crippen LogP contribution in [-0.4, -0.2) is 5.91 Å². The van der Waals surface area contributed by atoms with Crippen molar-refractivity contribution in [3.05, 3.63) is 50.1 Å². The molecular formula is C17H20BrClN2OS. The molecule has 0 aliphatic heterocycles. The number of nitrogens with two attached hydrogens (primary N) is 1. The Labute approximate surface area is 155 Å². The fourth-order valence-electron chi connectivity index (χ4n) is 2.97. The number of benzene rings is 1. The molecule has 0 spiro atoms. The molecule has 0 radical (unpaired) electrons. The standard InChI is InChI=1S/C17H19BrN2OS.ClH/c18-12-9-14(22-10-12)5-7-17(21)20-16-3-1-2-11-8-13(19)4-6-15(11)16;/h4,6,8-10,16H,1-3,5,7,19H2,(H,20,21);1H. The van der Waals surface area contributed by atoms with Gasteiger partial charge in [-0.2, -0.15) is 0 Å². The highest BCUT2D eigenvalue weighted by molar-refractivity contribution is 9.10. The molecule has 1 heterocycles. The number of halogens is 2. The molecular weight excluding hydrogens is 396 g/mol. The molecule has 1 amide bonds. The summed E-state index contributed by atoms with van der Waals surface area (Å²) in [7, 11) is 0. The van der Waals surface area contributed by atoms with Crippen molar-refractivity contribution >= 4 is 51.3 Å². The molecule has 6 heteroatoms. The van der Waals surface area contributed by atoms with Crippen LogP contribution in [0.3, 0.4) is 0 Å². The van der Waals surface area contributed by atoms with Gasteiger partial charge in [-0.1, -0.05) is 6.07 Å². The van der Waals surface area contributed by atoms with Crippen molar-refractivity contribution in [1.29, 1.82) is 0 Å². The lowest BCUT2D eigenvalue weighted by Gasteiger charge is -2.26. The van der Waals surface area contributed by atoms with Gasteiger partial charge < -0.3 is 11.1 Å². The molecule has 2 aromatic rings. The molecule has 3 rings (SSSR count). The van der Waals surface area contributed by atoms with Crippen molar-refractivity contribution in [2.45, 2.75) is 38.1 Å². The molecule has 1 aliphatic carbocycles. The third kappa shape index (κ3) is 4.72. The van der Waals surface area contributed by atoms with E-state index in [0.717, 1.165) is 35.8 Å². The zero-order valence-electron chi connectivity index (χ0n) is 12.7. The smallest absolute Gasteiger partial charge is 0.220 e. The third-order valence-electron chi connectivity index (χ3n) is 4.04. The summed E-state index contributed by atoms with van der Waals surface area (Å²) in [5.41, 5.74) is 9.16. The van der Waals surface area contributed by atoms with Gasteiger partial charge in [-0.25, -0.2) is 0 Å². The number of rotatable bonds is 4. The van der Waals surface area contributed by atoms with E-state index in [9.17, 15) is 4.79 Å². The van der Waals surface area contributed by atoms with E-state index in [0.29, 0.717) is 6.42 Å². The molecule has 23 heavy (non-hydrogen) atoms. The summed E-state index contributed by atoms with van der Waals surface area (Å²) in [5.74, 6) is 0.124. The average Bonchev–Trinajstić information content (AvgIpc) is 2.91. The van der Waals surface area contributed by atoms with Gasteiger partial charge in [0, 0.05) is 26.8 Å². The quantitative estimate of drug-likeness (QED) is 0.715. The van der Waals surface area contributed by atoms with Crippen molar-refractivity contribution in [2.24, 2.45) is 0 Å². The second kappa shape index (κ2) is 8.18. The van der Waals surface area contributed by atoms with Crippen molar-refractivity contribution < 1.29 is 4.79 Å². The summed E-state index contributed by atoms with van der Waals surface area (Å²) in [4.78, 5) is 13.5. The average molecular weight is 416 g/mol. The monoisotopic (exact) mass is 414 g/mol. The lowest BCUT2D eigenvalue weighted by molar-refractivity contribution is -0.121. The number of thiophene rings is 1. The van der Waals surface area contributed by atoms with Crippen LogP contribution in [0, 0.1) is 0 Å². The van der Waals surface area contributed by atoms with Gasteiger partial charge in [0.15, 0.2) is 0 Å². The predicted octanol–water partition coefficient (Wildman–Crippen LogP) is 4.64. The minimum atomic E-state index is 0. The SMILES string of the molecule is Cl.Nc1ccc2c(c1)CCCC2NC(=O)CCc1cc(Br)cs1. The first-order valence-corrected chi connectivity index (χ1v) is 9.19. The Balaban J connectivity index is 0.00000192. The Bertz CT molecular complexity index is 689. The first kappa shape index (κ1) is 18.3. The number of hydrogen-bond donors (Lipinski definition) is 2. The van der Waals surface area contributed by atoms with Gasteiger partial charge in [0.2, 0.25) is 5.91 Å². The fourth-order valence-corrected chi connectivity index (χ4v) is 4.43. The van der Waals surface area contributed by atoms with Gasteiger partial charge in [-0.05, 0) is 70.9 Å². The third-order valence-corrected chi connectivity index (χ3v) is 5.79. The first-order chi connectivity index (χ1) is 10.6. The molecule has 0 saturated carbocycles. The van der Waals surface area contributed by atoms with Crippen LogP contribution in [0.15, 0.2) is 34.1 Å². The second-order valence-electron chi connectivity index (χ2n) is 5.70. The summed E-state index contributed by atoms with van der Waals surface area (Å²) in [6.07, 6.45) is 4.49. The molecule has 0 fully saturated rings. The summed E-state index contributed by atoms with van der Waals surface area (Å²) in [6.45, 7) is 0. The van der Waals surface area contributed by atoms with Gasteiger partial charge >= 0.3 is 0 Å². The van der Waals surface area contributed by atoms with Crippen LogP contribution >= 0.6 is 39.7 Å². The van der Waals surface area contributed by atoms with Crippen LogP contribution in [-0.2, 0) is 17.6 Å². The minimum Gasteiger partial charge on any atom is -0.399 e. The number of carbonyl (C=O) groups excluding carboxylic acids is 1. The highest BCUT2D eigenvalue weighted by Crippen LogP contribution is 2.31. The summed E-state index contributed by atoms with van der Waals surface area (Å²) >= 11 is 5.13. The molecule has 0 saturated heterocycles. The number of aryl methyl sites for hydroxylation is 2. The van der Waals surface area contributed by atoms with Gasteiger partial charge in [0.1, 0.15) is 0 Å². The van der Waals surface area contributed by atoms with Gasteiger partial charge in [-0.3, -0.25) is 4.79 Å². The Hall–Kier alpha value is -1.04. The van der Waals surface area contributed by atoms with Crippen LogP contribution in [0.5, 0.6) is 0 Å². The van der Waals surface area contributed by atoms with Gasteiger partial charge in [0.05, 0.1) is 6.04 Å². The highest BCUT2D eigenvalue weighted by Gasteiger charge is 2.21. The number of nitrogen functional groups attached to an aromatic ring is 1. The Kier molecular flexibility index (Phi) is 6.50. The predicted molar refractivity (Wildman–Crippen MR) is 102 cm³/mol. The van der Waals surface area contributed by atoms with E-state index in [1.54, 1.807) is 11.3 Å². The number of anilines is 1. The topological polar surface area (TPSA) is 55.1 Å². The zero-order chi connectivity index (χ0) is 15.5. The maximum atomic E-state index is 12.2. The van der Waals surface area contributed by atoms with E-state index in [2.05, 4.69) is 38.8 Å². The Morgan fingerprint density at radius 2 is 2.22 bits per heavy atom. The first-order valence-electron chi connectivity index (χ1n) is 7.52. The lowest BCUT2D eigenvalue weighted by Crippen LogP contribution is -2.31. The summed E-state index contributed by atoms with van der Waals surface area (Å²) < 4.78 is 1.09. The Morgan fingerprint density at radius 1 is 1.39 bits per heavy atom. The van der Waals surface area contributed by atoms with E-state index >= 15 is 0 Å². The Morgan fingerprint density at radius 3 is 2.96 bits per heavy atom. The van der Waals surface area contributed by atoms with Crippen LogP contribution in [0.1, 0.15) is 41.3 Å². The van der Waals surface area contributed by atoms with Gasteiger partial charge in [-0.15, -0.1) is 23.7 Å². The molecule has 124 valence electrons. The maximum absolute atomic E-state index is 12.2. The molecule has 1 aromatic heterocycles. The number of hydrogen-bond acceptors (Lipinski definition) is 3. The molecule has 3 N–H and O–H groups in total. The van der Waals surface area contributed by atoms with E-state index in [1.165, 1.54) is 16.0 Å². The molecule has 1 aliphatic rings. The van der Waals surface area contributed by atoms with Crippen LogP contribution in [0.2, 0.25) is 0 Å². The van der Waals surface area contributed by atoms with Crippen LogP contribution < -0.4 is 11.1 Å². The van der Waals surface area contributed by atoms with E-state index in [4.69, 9.17) is 5.73 Å². The lowest BCUT2D eigenvalue weighted by atomic mass is 9.87. The molecule has 3 nitrogen and oxygen atoms in total. The number of carbonyl (C=O) groups is 1. The second-order valence-corrected chi connectivity index (χ2v) is 7.61. The van der Waals surface area contributed by atoms with E-state index in [1.807, 2.05) is 12.1 Å². The highest BCUT2D eigenvalue weighted by atomic mass is 79.9. The van der Waals surface area contributed by atoms with E-state index < -0.39 is 0 Å². The minimum absolute atomic E-state index is 0. The van der Waals surface area contributed by atoms with Crippen molar-refractivity contribution in [1.82, 2.24) is 5.32 Å².